The van der Waals surface area contributed by atoms with Crippen molar-refractivity contribution in [1.29, 1.82) is 0 Å². The molecule has 2 rings (SSSR count). The Hall–Kier alpha value is -2.49. The lowest BCUT2D eigenvalue weighted by Gasteiger charge is -2.18. The van der Waals surface area contributed by atoms with E-state index in [-0.39, 0.29) is 5.91 Å². The molecule has 2 aromatic carbocycles. The van der Waals surface area contributed by atoms with Crippen molar-refractivity contribution >= 4 is 11.6 Å². The minimum atomic E-state index is -0.605. The Balaban J connectivity index is 2.11. The van der Waals surface area contributed by atoms with Gasteiger partial charge in [0.15, 0.2) is 6.10 Å². The van der Waals surface area contributed by atoms with Crippen LogP contribution in [0.4, 0.5) is 5.69 Å². The van der Waals surface area contributed by atoms with Crippen LogP contribution in [-0.4, -0.2) is 19.1 Å². The van der Waals surface area contributed by atoms with Crippen LogP contribution in [0.5, 0.6) is 11.5 Å². The molecule has 4 nitrogen and oxygen atoms in total. The number of rotatable bonds is 7. The van der Waals surface area contributed by atoms with E-state index in [1.165, 1.54) is 0 Å². The predicted octanol–water partition coefficient (Wildman–Crippen LogP) is 4.23. The summed E-state index contributed by atoms with van der Waals surface area (Å²) in [6, 6.07) is 13.4. The molecule has 24 heavy (non-hydrogen) atoms. The van der Waals surface area contributed by atoms with Crippen LogP contribution in [0.1, 0.15) is 31.9 Å². The van der Waals surface area contributed by atoms with Crippen LogP contribution < -0.4 is 14.8 Å². The molecule has 128 valence electrons. The highest BCUT2D eigenvalue weighted by molar-refractivity contribution is 5.95. The average Bonchev–Trinajstić information content (AvgIpc) is 2.61. The summed E-state index contributed by atoms with van der Waals surface area (Å²) in [6.45, 7) is 5.91. The molecule has 1 amide bonds. The van der Waals surface area contributed by atoms with Gasteiger partial charge in [0.2, 0.25) is 0 Å². The van der Waals surface area contributed by atoms with E-state index in [0.717, 1.165) is 29.7 Å². The Kier molecular flexibility index (Phi) is 6.24. The molecule has 0 aliphatic carbocycles. The van der Waals surface area contributed by atoms with Gasteiger partial charge in [-0.1, -0.05) is 38.1 Å². The summed E-state index contributed by atoms with van der Waals surface area (Å²) in [5, 5.41) is 3.03. The zero-order valence-corrected chi connectivity index (χ0v) is 14.8. The molecule has 4 heteroatoms. The zero-order valence-electron chi connectivity index (χ0n) is 14.8. The van der Waals surface area contributed by atoms with E-state index in [9.17, 15) is 4.79 Å². The summed E-state index contributed by atoms with van der Waals surface area (Å²) >= 11 is 0. The second-order valence-electron chi connectivity index (χ2n) is 5.59. The first-order valence-corrected chi connectivity index (χ1v) is 8.31. The summed E-state index contributed by atoms with van der Waals surface area (Å²) in [5.41, 5.74) is 3.18. The summed E-state index contributed by atoms with van der Waals surface area (Å²) in [5.74, 6) is 1.15. The topological polar surface area (TPSA) is 47.6 Å². The number of ether oxygens (including phenoxy) is 2. The maximum atomic E-state index is 12.5. The van der Waals surface area contributed by atoms with Crippen LogP contribution in [-0.2, 0) is 17.6 Å². The number of aryl methyl sites for hydroxylation is 2. The number of hydrogen-bond donors (Lipinski definition) is 1. The molecule has 0 heterocycles. The fraction of sp³-hybridized carbons (Fsp3) is 0.350. The largest absolute Gasteiger partial charge is 0.497 e. The van der Waals surface area contributed by atoms with Gasteiger partial charge in [-0.2, -0.15) is 0 Å². The van der Waals surface area contributed by atoms with Crippen molar-refractivity contribution in [3.05, 3.63) is 53.6 Å². The van der Waals surface area contributed by atoms with Gasteiger partial charge in [0.25, 0.3) is 5.91 Å². The SMILES string of the molecule is CCc1cccc(CC)c1NC(=O)C(C)Oc1cccc(OC)c1. The lowest BCUT2D eigenvalue weighted by Crippen LogP contribution is -2.30. The lowest BCUT2D eigenvalue weighted by atomic mass is 10.0. The first-order chi connectivity index (χ1) is 11.6. The molecule has 1 N–H and O–H groups in total. The highest BCUT2D eigenvalue weighted by Gasteiger charge is 2.17. The monoisotopic (exact) mass is 327 g/mol. The predicted molar refractivity (Wildman–Crippen MR) is 96.9 cm³/mol. The number of carbonyl (C=O) groups excluding carboxylic acids is 1. The molecule has 1 atom stereocenters. The fourth-order valence-corrected chi connectivity index (χ4v) is 2.56. The van der Waals surface area contributed by atoms with Gasteiger partial charge in [-0.15, -0.1) is 0 Å². The summed E-state index contributed by atoms with van der Waals surface area (Å²) < 4.78 is 10.9. The number of hydrogen-bond acceptors (Lipinski definition) is 3. The van der Waals surface area contributed by atoms with E-state index in [1.807, 2.05) is 36.4 Å². The molecule has 1 unspecified atom stereocenters. The third kappa shape index (κ3) is 4.28. The van der Waals surface area contributed by atoms with Gasteiger partial charge in [0.1, 0.15) is 11.5 Å². The van der Waals surface area contributed by atoms with E-state index in [2.05, 4.69) is 19.2 Å². The molecular weight excluding hydrogens is 302 g/mol. The highest BCUT2D eigenvalue weighted by Crippen LogP contribution is 2.24. The van der Waals surface area contributed by atoms with Gasteiger partial charge in [-0.3, -0.25) is 4.79 Å². The maximum Gasteiger partial charge on any atom is 0.265 e. The van der Waals surface area contributed by atoms with Gasteiger partial charge in [-0.05, 0) is 43.0 Å². The van der Waals surface area contributed by atoms with E-state index in [4.69, 9.17) is 9.47 Å². The lowest BCUT2D eigenvalue weighted by molar-refractivity contribution is -0.122. The fourth-order valence-electron chi connectivity index (χ4n) is 2.56. The van der Waals surface area contributed by atoms with Crippen LogP contribution in [0.15, 0.2) is 42.5 Å². The smallest absolute Gasteiger partial charge is 0.265 e. The Morgan fingerprint density at radius 1 is 1.04 bits per heavy atom. The van der Waals surface area contributed by atoms with E-state index in [1.54, 1.807) is 20.1 Å². The average molecular weight is 327 g/mol. The van der Waals surface area contributed by atoms with Crippen molar-refractivity contribution in [3.63, 3.8) is 0 Å². The molecular formula is C20H25NO3. The van der Waals surface area contributed by atoms with Crippen molar-refractivity contribution in [1.82, 2.24) is 0 Å². The normalized spacial score (nSPS) is 11.7. The molecule has 0 radical (unpaired) electrons. The minimum absolute atomic E-state index is 0.159. The molecule has 0 aliphatic heterocycles. The van der Waals surface area contributed by atoms with E-state index < -0.39 is 6.10 Å². The minimum Gasteiger partial charge on any atom is -0.497 e. The van der Waals surface area contributed by atoms with Crippen molar-refractivity contribution in [3.8, 4) is 11.5 Å². The van der Waals surface area contributed by atoms with Crippen molar-refractivity contribution in [2.24, 2.45) is 0 Å². The molecule has 0 aromatic heterocycles. The molecule has 0 spiro atoms. The second-order valence-corrected chi connectivity index (χ2v) is 5.59. The van der Waals surface area contributed by atoms with Gasteiger partial charge in [-0.25, -0.2) is 0 Å². The number of nitrogens with one attached hydrogen (secondary N) is 1. The summed E-state index contributed by atoms with van der Waals surface area (Å²) in [7, 11) is 1.60. The van der Waals surface area contributed by atoms with Crippen molar-refractivity contribution in [2.75, 3.05) is 12.4 Å². The molecule has 0 aliphatic rings. The van der Waals surface area contributed by atoms with Crippen molar-refractivity contribution in [2.45, 2.75) is 39.7 Å². The van der Waals surface area contributed by atoms with Crippen LogP contribution in [0, 0.1) is 0 Å². The first-order valence-electron chi connectivity index (χ1n) is 8.31. The Morgan fingerprint density at radius 2 is 1.62 bits per heavy atom. The van der Waals surface area contributed by atoms with Crippen LogP contribution in [0.25, 0.3) is 0 Å². The van der Waals surface area contributed by atoms with Gasteiger partial charge < -0.3 is 14.8 Å². The van der Waals surface area contributed by atoms with E-state index >= 15 is 0 Å². The quantitative estimate of drug-likeness (QED) is 0.828. The van der Waals surface area contributed by atoms with E-state index in [0.29, 0.717) is 11.5 Å². The summed E-state index contributed by atoms with van der Waals surface area (Å²) in [4.78, 5) is 12.5. The van der Waals surface area contributed by atoms with Gasteiger partial charge in [0.05, 0.1) is 7.11 Å². The molecule has 0 fully saturated rings. The number of carbonyl (C=O) groups is 1. The Labute approximate surface area is 143 Å². The zero-order chi connectivity index (χ0) is 17.5. The number of para-hydroxylation sites is 1. The number of anilines is 1. The second kappa shape index (κ2) is 8.39. The molecule has 0 bridgehead atoms. The molecule has 2 aromatic rings. The van der Waals surface area contributed by atoms with Gasteiger partial charge >= 0.3 is 0 Å². The maximum absolute atomic E-state index is 12.5. The van der Waals surface area contributed by atoms with Crippen molar-refractivity contribution < 1.29 is 14.3 Å². The van der Waals surface area contributed by atoms with Crippen LogP contribution in [0.3, 0.4) is 0 Å². The first kappa shape index (κ1) is 17.9. The molecule has 0 saturated carbocycles. The van der Waals surface area contributed by atoms with Gasteiger partial charge in [0, 0.05) is 11.8 Å². The highest BCUT2D eigenvalue weighted by atomic mass is 16.5. The third-order valence-electron chi connectivity index (χ3n) is 3.97. The third-order valence-corrected chi connectivity index (χ3v) is 3.97. The molecule has 0 saturated heterocycles. The Bertz CT molecular complexity index is 675. The summed E-state index contributed by atoms with van der Waals surface area (Å²) in [6.07, 6.45) is 1.13. The Morgan fingerprint density at radius 3 is 2.21 bits per heavy atom. The van der Waals surface area contributed by atoms with Crippen LogP contribution in [0.2, 0.25) is 0 Å². The standard InChI is InChI=1S/C20H25NO3/c1-5-15-9-7-10-16(6-2)19(15)21-20(22)14(3)24-18-12-8-11-17(13-18)23-4/h7-14H,5-6H2,1-4H3,(H,21,22). The number of methoxy groups -OCH3 is 1. The number of benzene rings is 2. The number of amides is 1. The van der Waals surface area contributed by atoms with Crippen LogP contribution >= 0.6 is 0 Å².